The van der Waals surface area contributed by atoms with Crippen molar-refractivity contribution in [2.24, 2.45) is 5.92 Å². The lowest BCUT2D eigenvalue weighted by molar-refractivity contribution is -0.142. The lowest BCUT2D eigenvalue weighted by Gasteiger charge is -2.14. The van der Waals surface area contributed by atoms with E-state index < -0.39 is 0 Å². The Hall–Kier alpha value is -1.10. The molecule has 0 radical (unpaired) electrons. The van der Waals surface area contributed by atoms with Crippen LogP contribution in [0.25, 0.3) is 0 Å². The molecule has 1 amide bonds. The quantitative estimate of drug-likeness (QED) is 0.480. The minimum absolute atomic E-state index is 0.0694. The van der Waals surface area contributed by atoms with Gasteiger partial charge < -0.3 is 10.1 Å². The molecule has 0 saturated carbocycles. The van der Waals surface area contributed by atoms with Crippen molar-refractivity contribution in [1.29, 1.82) is 0 Å². The Labute approximate surface area is 110 Å². The van der Waals surface area contributed by atoms with Gasteiger partial charge in [0.05, 0.1) is 19.2 Å². The molecule has 0 aromatic carbocycles. The summed E-state index contributed by atoms with van der Waals surface area (Å²) in [5, 5.41) is 5.65. The molecule has 0 saturated heterocycles. The van der Waals surface area contributed by atoms with Crippen LogP contribution in [-0.2, 0) is 14.3 Å². The predicted octanol–water partition coefficient (Wildman–Crippen LogP) is 1.08. The smallest absolute Gasteiger partial charge is 0.319 e. The molecule has 5 heteroatoms. The van der Waals surface area contributed by atoms with Gasteiger partial charge in [-0.3, -0.25) is 14.9 Å². The van der Waals surface area contributed by atoms with Crippen molar-refractivity contribution < 1.29 is 14.3 Å². The van der Waals surface area contributed by atoms with Gasteiger partial charge in [-0.25, -0.2) is 0 Å². The van der Waals surface area contributed by atoms with Gasteiger partial charge in [-0.05, 0) is 19.3 Å². The van der Waals surface area contributed by atoms with Crippen molar-refractivity contribution in [2.75, 3.05) is 19.7 Å². The highest BCUT2D eigenvalue weighted by atomic mass is 16.5. The molecule has 0 aliphatic rings. The Bertz CT molecular complexity index is 255. The Balaban J connectivity index is 3.70. The van der Waals surface area contributed by atoms with Crippen molar-refractivity contribution >= 4 is 11.9 Å². The molecule has 18 heavy (non-hydrogen) atoms. The largest absolute Gasteiger partial charge is 0.465 e. The molecule has 0 aromatic rings. The van der Waals surface area contributed by atoms with Gasteiger partial charge in [0.1, 0.15) is 0 Å². The average molecular weight is 258 g/mol. The van der Waals surface area contributed by atoms with Gasteiger partial charge in [0, 0.05) is 6.54 Å². The number of rotatable bonds is 9. The van der Waals surface area contributed by atoms with Gasteiger partial charge in [0.2, 0.25) is 5.91 Å². The summed E-state index contributed by atoms with van der Waals surface area (Å²) < 4.78 is 4.98. The zero-order chi connectivity index (χ0) is 14.0. The number of hydrogen-bond donors (Lipinski definition) is 2. The van der Waals surface area contributed by atoms with Gasteiger partial charge in [0.25, 0.3) is 0 Å². The molecular formula is C13H26N2O3. The zero-order valence-electron chi connectivity index (χ0n) is 11.9. The van der Waals surface area contributed by atoms with Crippen molar-refractivity contribution in [3.05, 3.63) is 0 Å². The van der Waals surface area contributed by atoms with Crippen LogP contribution in [0.4, 0.5) is 0 Å². The van der Waals surface area contributed by atoms with Crippen LogP contribution in [0.3, 0.4) is 0 Å². The molecule has 1 unspecified atom stereocenters. The number of ether oxygens (including phenoxy) is 1. The predicted molar refractivity (Wildman–Crippen MR) is 71.2 cm³/mol. The number of carbonyl (C=O) groups is 2. The zero-order valence-corrected chi connectivity index (χ0v) is 11.9. The van der Waals surface area contributed by atoms with Crippen molar-refractivity contribution in [3.8, 4) is 0 Å². The van der Waals surface area contributed by atoms with Crippen molar-refractivity contribution in [2.45, 2.75) is 46.6 Å². The second-order valence-electron chi connectivity index (χ2n) is 4.82. The van der Waals surface area contributed by atoms with Gasteiger partial charge in [-0.1, -0.05) is 27.2 Å². The minimum atomic E-state index is -0.387. The standard InChI is InChI=1S/C13H26N2O3/c1-5-6-7-18-12(16)9-14-11(4)13(17)15-8-10(2)3/h10-11,14H,5-9H2,1-4H3,(H,15,17). The van der Waals surface area contributed by atoms with E-state index in [9.17, 15) is 9.59 Å². The lowest BCUT2D eigenvalue weighted by atomic mass is 10.2. The Morgan fingerprint density at radius 1 is 1.22 bits per heavy atom. The van der Waals surface area contributed by atoms with Gasteiger partial charge in [-0.2, -0.15) is 0 Å². The summed E-state index contributed by atoms with van der Waals surface area (Å²) in [5.41, 5.74) is 0. The summed E-state index contributed by atoms with van der Waals surface area (Å²) in [6.45, 7) is 8.99. The first-order valence-corrected chi connectivity index (χ1v) is 6.64. The molecule has 0 aliphatic heterocycles. The van der Waals surface area contributed by atoms with E-state index in [4.69, 9.17) is 4.74 Å². The van der Waals surface area contributed by atoms with Gasteiger partial charge in [-0.15, -0.1) is 0 Å². The van der Waals surface area contributed by atoms with Crippen LogP contribution >= 0.6 is 0 Å². The van der Waals surface area contributed by atoms with E-state index in [1.54, 1.807) is 6.92 Å². The minimum Gasteiger partial charge on any atom is -0.465 e. The number of hydrogen-bond acceptors (Lipinski definition) is 4. The highest BCUT2D eigenvalue weighted by Gasteiger charge is 2.13. The molecule has 0 rings (SSSR count). The van der Waals surface area contributed by atoms with E-state index in [-0.39, 0.29) is 24.5 Å². The molecule has 106 valence electrons. The van der Waals surface area contributed by atoms with E-state index in [1.807, 2.05) is 20.8 Å². The number of nitrogens with one attached hydrogen (secondary N) is 2. The summed E-state index contributed by atoms with van der Waals surface area (Å²) in [4.78, 5) is 22.9. The summed E-state index contributed by atoms with van der Waals surface area (Å²) in [6.07, 6.45) is 1.87. The average Bonchev–Trinajstić information content (AvgIpc) is 2.33. The summed E-state index contributed by atoms with van der Waals surface area (Å²) in [5.74, 6) is 0.0113. The number of unbranched alkanes of at least 4 members (excludes halogenated alkanes) is 1. The maximum Gasteiger partial charge on any atom is 0.319 e. The third-order valence-corrected chi connectivity index (χ3v) is 2.39. The fourth-order valence-corrected chi connectivity index (χ4v) is 1.17. The normalized spacial score (nSPS) is 12.3. The Morgan fingerprint density at radius 3 is 2.44 bits per heavy atom. The molecule has 2 N–H and O–H groups in total. The number of carbonyl (C=O) groups excluding carboxylic acids is 2. The molecule has 1 atom stereocenters. The third kappa shape index (κ3) is 8.98. The Kier molecular flexibility index (Phi) is 9.28. The second-order valence-corrected chi connectivity index (χ2v) is 4.82. The molecule has 0 spiro atoms. The lowest BCUT2D eigenvalue weighted by Crippen LogP contribution is -2.45. The van der Waals surface area contributed by atoms with Crippen LogP contribution in [0.5, 0.6) is 0 Å². The van der Waals surface area contributed by atoms with Crippen LogP contribution in [0.1, 0.15) is 40.5 Å². The SMILES string of the molecule is CCCCOC(=O)CNC(C)C(=O)NCC(C)C. The number of amides is 1. The second kappa shape index (κ2) is 9.88. The topological polar surface area (TPSA) is 67.4 Å². The number of esters is 1. The molecule has 0 heterocycles. The first-order chi connectivity index (χ1) is 8.47. The highest BCUT2D eigenvalue weighted by Crippen LogP contribution is 1.91. The van der Waals surface area contributed by atoms with E-state index in [0.29, 0.717) is 19.1 Å². The summed E-state index contributed by atoms with van der Waals surface area (Å²) in [6, 6.07) is -0.387. The van der Waals surface area contributed by atoms with Gasteiger partial charge >= 0.3 is 5.97 Å². The molecule has 5 nitrogen and oxygen atoms in total. The maximum atomic E-state index is 11.6. The van der Waals surface area contributed by atoms with Crippen LogP contribution in [0.15, 0.2) is 0 Å². The fourth-order valence-electron chi connectivity index (χ4n) is 1.17. The Morgan fingerprint density at radius 2 is 1.89 bits per heavy atom. The summed E-state index contributed by atoms with van der Waals surface area (Å²) in [7, 11) is 0. The van der Waals surface area contributed by atoms with E-state index in [2.05, 4.69) is 10.6 Å². The van der Waals surface area contributed by atoms with E-state index in [1.165, 1.54) is 0 Å². The fraction of sp³-hybridized carbons (Fsp3) is 0.846. The van der Waals surface area contributed by atoms with Crippen molar-refractivity contribution in [1.82, 2.24) is 10.6 Å². The summed E-state index contributed by atoms with van der Waals surface area (Å²) >= 11 is 0. The van der Waals surface area contributed by atoms with E-state index >= 15 is 0 Å². The molecule has 0 fully saturated rings. The van der Waals surface area contributed by atoms with Gasteiger partial charge in [0.15, 0.2) is 0 Å². The first-order valence-electron chi connectivity index (χ1n) is 6.64. The van der Waals surface area contributed by atoms with Crippen molar-refractivity contribution in [3.63, 3.8) is 0 Å². The molecule has 0 aromatic heterocycles. The van der Waals surface area contributed by atoms with Crippen LogP contribution in [0, 0.1) is 5.92 Å². The molecular weight excluding hydrogens is 232 g/mol. The molecule has 0 aliphatic carbocycles. The highest BCUT2D eigenvalue weighted by molar-refractivity contribution is 5.82. The van der Waals surface area contributed by atoms with E-state index in [0.717, 1.165) is 12.8 Å². The first kappa shape index (κ1) is 16.9. The van der Waals surface area contributed by atoms with Crippen LogP contribution in [0.2, 0.25) is 0 Å². The monoisotopic (exact) mass is 258 g/mol. The third-order valence-electron chi connectivity index (χ3n) is 2.39. The maximum absolute atomic E-state index is 11.6. The van der Waals surface area contributed by atoms with Crippen LogP contribution in [-0.4, -0.2) is 37.6 Å². The van der Waals surface area contributed by atoms with Crippen LogP contribution < -0.4 is 10.6 Å². The molecule has 0 bridgehead atoms.